The average Bonchev–Trinajstić information content (AvgIpc) is 2.05. The van der Waals surface area contributed by atoms with Gasteiger partial charge in [-0.3, -0.25) is 0 Å². The zero-order valence-corrected chi connectivity index (χ0v) is 7.58. The summed E-state index contributed by atoms with van der Waals surface area (Å²) >= 11 is 0. The van der Waals surface area contributed by atoms with Gasteiger partial charge in [-0.25, -0.2) is 0 Å². The lowest BCUT2D eigenvalue weighted by Gasteiger charge is -2.53. The van der Waals surface area contributed by atoms with Gasteiger partial charge in [0.1, 0.15) is 0 Å². The summed E-state index contributed by atoms with van der Waals surface area (Å²) in [6, 6.07) is 0. The summed E-state index contributed by atoms with van der Waals surface area (Å²) in [6.45, 7) is 3.29. The molecule has 2 saturated heterocycles. The van der Waals surface area contributed by atoms with Crippen LogP contribution in [0.4, 0.5) is 0 Å². The zero-order valence-electron chi connectivity index (χ0n) is 7.58. The lowest BCUT2D eigenvalue weighted by atomic mass is 9.77. The highest BCUT2D eigenvalue weighted by molar-refractivity contribution is 5.07. The Labute approximate surface area is 73.6 Å². The maximum atomic E-state index is 8.83. The first-order valence-corrected chi connectivity index (χ1v) is 4.63. The van der Waals surface area contributed by atoms with Crippen LogP contribution >= 0.6 is 0 Å². The molecular formula is C9H15N3. The molecule has 0 amide bonds. The van der Waals surface area contributed by atoms with Crippen LogP contribution < -0.4 is 0 Å². The maximum Gasteiger partial charge on any atom is 0.179 e. The Morgan fingerprint density at radius 1 is 1.17 bits per heavy atom. The Bertz CT molecular complexity index is 210. The molecule has 2 rings (SSSR count). The highest BCUT2D eigenvalue weighted by Gasteiger charge is 2.45. The molecule has 1 spiro atoms. The molecule has 2 fully saturated rings. The highest BCUT2D eigenvalue weighted by atomic mass is 15.3. The third kappa shape index (κ3) is 0.987. The third-order valence-corrected chi connectivity index (χ3v) is 3.41. The number of hydrogen-bond acceptors (Lipinski definition) is 3. The standard InChI is InChI=1S/C9H15N3/c1-11-5-2-9(3-6-11)4-7-12(9)8-10/h2-7H2,1H3. The van der Waals surface area contributed by atoms with Crippen LogP contribution in [0, 0.1) is 11.5 Å². The molecule has 66 valence electrons. The van der Waals surface area contributed by atoms with Crippen molar-refractivity contribution in [2.75, 3.05) is 26.7 Å². The van der Waals surface area contributed by atoms with Crippen molar-refractivity contribution < 1.29 is 0 Å². The molecule has 0 atom stereocenters. The lowest BCUT2D eigenvalue weighted by molar-refractivity contribution is -0.0111. The van der Waals surface area contributed by atoms with Crippen molar-refractivity contribution >= 4 is 0 Å². The molecule has 12 heavy (non-hydrogen) atoms. The normalized spacial score (nSPS) is 28.2. The molecular weight excluding hydrogens is 150 g/mol. The summed E-state index contributed by atoms with van der Waals surface area (Å²) in [4.78, 5) is 4.32. The number of piperidine rings is 1. The minimum absolute atomic E-state index is 0.279. The predicted molar refractivity (Wildman–Crippen MR) is 46.4 cm³/mol. The molecule has 0 bridgehead atoms. The number of likely N-dealkylation sites (tertiary alicyclic amines) is 2. The Morgan fingerprint density at radius 3 is 2.17 bits per heavy atom. The van der Waals surface area contributed by atoms with Gasteiger partial charge in [-0.05, 0) is 26.3 Å². The van der Waals surface area contributed by atoms with E-state index in [9.17, 15) is 0 Å². The van der Waals surface area contributed by atoms with E-state index in [2.05, 4.69) is 18.1 Å². The van der Waals surface area contributed by atoms with Crippen molar-refractivity contribution in [3.8, 4) is 6.19 Å². The molecule has 3 heteroatoms. The largest absolute Gasteiger partial charge is 0.306 e. The van der Waals surface area contributed by atoms with Gasteiger partial charge in [0.2, 0.25) is 0 Å². The minimum Gasteiger partial charge on any atom is -0.306 e. The van der Waals surface area contributed by atoms with Gasteiger partial charge >= 0.3 is 0 Å². The monoisotopic (exact) mass is 165 g/mol. The molecule has 0 saturated carbocycles. The predicted octanol–water partition coefficient (Wildman–Crippen LogP) is 0.638. The molecule has 0 aromatic heterocycles. The van der Waals surface area contributed by atoms with Crippen LogP contribution in [0.1, 0.15) is 19.3 Å². The SMILES string of the molecule is CN1CCC2(CC1)CCN2C#N. The van der Waals surface area contributed by atoms with Crippen LogP contribution in [0.3, 0.4) is 0 Å². The summed E-state index contributed by atoms with van der Waals surface area (Å²) < 4.78 is 0. The van der Waals surface area contributed by atoms with Crippen molar-refractivity contribution in [2.45, 2.75) is 24.8 Å². The maximum absolute atomic E-state index is 8.83. The van der Waals surface area contributed by atoms with Gasteiger partial charge < -0.3 is 9.80 Å². The summed E-state index contributed by atoms with van der Waals surface area (Å²) in [5.41, 5.74) is 0.279. The topological polar surface area (TPSA) is 30.3 Å². The summed E-state index contributed by atoms with van der Waals surface area (Å²) in [6.07, 6.45) is 5.88. The van der Waals surface area contributed by atoms with Gasteiger partial charge in [0.25, 0.3) is 0 Å². The van der Waals surface area contributed by atoms with Gasteiger partial charge in [0, 0.05) is 19.6 Å². The minimum atomic E-state index is 0.279. The van der Waals surface area contributed by atoms with E-state index in [1.165, 1.54) is 19.3 Å². The second-order valence-corrected chi connectivity index (χ2v) is 4.03. The third-order valence-electron chi connectivity index (χ3n) is 3.41. The van der Waals surface area contributed by atoms with E-state index in [4.69, 9.17) is 5.26 Å². The second kappa shape index (κ2) is 2.63. The van der Waals surface area contributed by atoms with E-state index in [1.54, 1.807) is 0 Å². The Morgan fingerprint density at radius 2 is 1.75 bits per heavy atom. The molecule has 0 radical (unpaired) electrons. The van der Waals surface area contributed by atoms with Crippen LogP contribution in [0.5, 0.6) is 0 Å². The Kier molecular flexibility index (Phi) is 1.73. The Hall–Kier alpha value is -0.750. The highest BCUT2D eigenvalue weighted by Crippen LogP contribution is 2.38. The second-order valence-electron chi connectivity index (χ2n) is 4.03. The van der Waals surface area contributed by atoms with Gasteiger partial charge in [-0.2, -0.15) is 5.26 Å². The molecule has 2 aliphatic rings. The number of nitrogens with zero attached hydrogens (tertiary/aromatic N) is 3. The summed E-state index contributed by atoms with van der Waals surface area (Å²) in [5, 5.41) is 8.83. The first-order chi connectivity index (χ1) is 5.77. The zero-order chi connectivity index (χ0) is 8.60. The molecule has 3 nitrogen and oxygen atoms in total. The van der Waals surface area contributed by atoms with Crippen molar-refractivity contribution in [3.05, 3.63) is 0 Å². The van der Waals surface area contributed by atoms with E-state index in [0.29, 0.717) is 0 Å². The van der Waals surface area contributed by atoms with Crippen LogP contribution in [0.2, 0.25) is 0 Å². The van der Waals surface area contributed by atoms with Crippen molar-refractivity contribution in [2.24, 2.45) is 0 Å². The van der Waals surface area contributed by atoms with Crippen LogP contribution in [-0.2, 0) is 0 Å². The van der Waals surface area contributed by atoms with Gasteiger partial charge in [0.15, 0.2) is 6.19 Å². The van der Waals surface area contributed by atoms with Crippen molar-refractivity contribution in [3.63, 3.8) is 0 Å². The first kappa shape index (κ1) is 7.88. The molecule has 0 aliphatic carbocycles. The summed E-state index contributed by atoms with van der Waals surface area (Å²) in [5.74, 6) is 0. The fourth-order valence-electron chi connectivity index (χ4n) is 2.25. The molecule has 0 aromatic carbocycles. The van der Waals surface area contributed by atoms with E-state index < -0.39 is 0 Å². The van der Waals surface area contributed by atoms with Gasteiger partial charge in [0.05, 0.1) is 5.54 Å². The van der Waals surface area contributed by atoms with E-state index in [-0.39, 0.29) is 5.54 Å². The van der Waals surface area contributed by atoms with Crippen LogP contribution in [-0.4, -0.2) is 42.0 Å². The van der Waals surface area contributed by atoms with E-state index >= 15 is 0 Å². The van der Waals surface area contributed by atoms with Crippen LogP contribution in [0.25, 0.3) is 0 Å². The van der Waals surface area contributed by atoms with Gasteiger partial charge in [-0.15, -0.1) is 0 Å². The molecule has 2 aliphatic heterocycles. The van der Waals surface area contributed by atoms with E-state index in [1.807, 2.05) is 4.90 Å². The van der Waals surface area contributed by atoms with Crippen molar-refractivity contribution in [1.82, 2.24) is 9.80 Å². The van der Waals surface area contributed by atoms with E-state index in [0.717, 1.165) is 19.6 Å². The fraction of sp³-hybridized carbons (Fsp3) is 0.889. The fourth-order valence-corrected chi connectivity index (χ4v) is 2.25. The first-order valence-electron chi connectivity index (χ1n) is 4.63. The van der Waals surface area contributed by atoms with Gasteiger partial charge in [-0.1, -0.05) is 0 Å². The molecule has 0 unspecified atom stereocenters. The van der Waals surface area contributed by atoms with Crippen LogP contribution in [0.15, 0.2) is 0 Å². The quantitative estimate of drug-likeness (QED) is 0.493. The summed E-state index contributed by atoms with van der Waals surface area (Å²) in [7, 11) is 2.15. The smallest absolute Gasteiger partial charge is 0.179 e. The lowest BCUT2D eigenvalue weighted by Crippen LogP contribution is -2.61. The number of rotatable bonds is 0. The molecule has 2 heterocycles. The average molecular weight is 165 g/mol. The number of hydrogen-bond donors (Lipinski definition) is 0. The van der Waals surface area contributed by atoms with Crippen molar-refractivity contribution in [1.29, 1.82) is 5.26 Å². The molecule has 0 N–H and O–H groups in total. The Balaban J connectivity index is 2.00. The number of nitriles is 1. The molecule has 0 aromatic rings.